The SMILES string of the molecule is COCCc1c(C(=O)OC)nnn1Cc1cc(C)on1. The summed E-state index contributed by atoms with van der Waals surface area (Å²) in [6.45, 7) is 2.64. The van der Waals surface area contributed by atoms with E-state index in [4.69, 9.17) is 14.0 Å². The molecule has 2 aromatic rings. The minimum atomic E-state index is -0.515. The van der Waals surface area contributed by atoms with Crippen molar-refractivity contribution >= 4 is 5.97 Å². The molecule has 0 bridgehead atoms. The molecule has 0 radical (unpaired) electrons. The molecule has 2 rings (SSSR count). The number of methoxy groups -OCH3 is 2. The van der Waals surface area contributed by atoms with Crippen LogP contribution in [0.2, 0.25) is 0 Å². The summed E-state index contributed by atoms with van der Waals surface area (Å²) < 4.78 is 16.3. The van der Waals surface area contributed by atoms with Crippen LogP contribution in [-0.4, -0.2) is 46.9 Å². The third-order valence-electron chi connectivity index (χ3n) is 2.75. The number of rotatable bonds is 6. The van der Waals surface area contributed by atoms with Crippen molar-refractivity contribution in [2.24, 2.45) is 0 Å². The van der Waals surface area contributed by atoms with Crippen LogP contribution in [-0.2, 0) is 22.4 Å². The first kappa shape index (κ1) is 14.2. The highest BCUT2D eigenvalue weighted by atomic mass is 16.5. The Balaban J connectivity index is 2.27. The predicted octanol–water partition coefficient (Wildman–Crippen LogP) is 0.598. The van der Waals surface area contributed by atoms with Crippen molar-refractivity contribution in [3.05, 3.63) is 28.9 Å². The molecule has 0 spiro atoms. The van der Waals surface area contributed by atoms with Crippen molar-refractivity contribution in [3.63, 3.8) is 0 Å². The maximum atomic E-state index is 11.7. The van der Waals surface area contributed by atoms with Gasteiger partial charge in [0.05, 0.1) is 26.0 Å². The number of esters is 1. The molecule has 108 valence electrons. The summed E-state index contributed by atoms with van der Waals surface area (Å²) in [5.74, 6) is 0.199. The molecule has 0 saturated carbocycles. The van der Waals surface area contributed by atoms with Crippen molar-refractivity contribution in [3.8, 4) is 0 Å². The second-order valence-corrected chi connectivity index (χ2v) is 4.21. The molecule has 0 fully saturated rings. The fourth-order valence-corrected chi connectivity index (χ4v) is 1.81. The van der Waals surface area contributed by atoms with Crippen molar-refractivity contribution in [1.82, 2.24) is 20.2 Å². The van der Waals surface area contributed by atoms with Crippen LogP contribution in [0.25, 0.3) is 0 Å². The van der Waals surface area contributed by atoms with E-state index in [9.17, 15) is 4.79 Å². The molecular weight excluding hydrogens is 264 g/mol. The van der Waals surface area contributed by atoms with Gasteiger partial charge in [-0.05, 0) is 6.92 Å². The molecule has 2 heterocycles. The van der Waals surface area contributed by atoms with Crippen LogP contribution in [0.15, 0.2) is 10.6 Å². The summed E-state index contributed by atoms with van der Waals surface area (Å²) >= 11 is 0. The van der Waals surface area contributed by atoms with Gasteiger partial charge in [-0.25, -0.2) is 9.48 Å². The van der Waals surface area contributed by atoms with Crippen molar-refractivity contribution in [1.29, 1.82) is 0 Å². The number of carbonyl (C=O) groups is 1. The molecule has 0 amide bonds. The molecule has 0 aliphatic heterocycles. The Kier molecular flexibility index (Phi) is 4.46. The number of aromatic nitrogens is 4. The maximum Gasteiger partial charge on any atom is 0.360 e. The Morgan fingerprint density at radius 1 is 1.45 bits per heavy atom. The van der Waals surface area contributed by atoms with Crippen LogP contribution in [0.1, 0.15) is 27.6 Å². The monoisotopic (exact) mass is 280 g/mol. The lowest BCUT2D eigenvalue weighted by Crippen LogP contribution is -2.12. The molecule has 20 heavy (non-hydrogen) atoms. The summed E-state index contributed by atoms with van der Waals surface area (Å²) in [7, 11) is 2.90. The zero-order valence-electron chi connectivity index (χ0n) is 11.6. The zero-order valence-corrected chi connectivity index (χ0v) is 11.6. The van der Waals surface area contributed by atoms with E-state index in [0.717, 1.165) is 0 Å². The number of hydrogen-bond donors (Lipinski definition) is 0. The molecule has 0 saturated heterocycles. The topological polar surface area (TPSA) is 92.3 Å². The third kappa shape index (κ3) is 3.02. The number of hydrogen-bond acceptors (Lipinski definition) is 7. The van der Waals surface area contributed by atoms with Gasteiger partial charge in [0.2, 0.25) is 0 Å². The number of ether oxygens (including phenoxy) is 2. The van der Waals surface area contributed by atoms with Crippen molar-refractivity contribution < 1.29 is 18.8 Å². The van der Waals surface area contributed by atoms with Crippen LogP contribution < -0.4 is 0 Å². The molecule has 0 unspecified atom stereocenters. The second-order valence-electron chi connectivity index (χ2n) is 4.21. The summed E-state index contributed by atoms with van der Waals surface area (Å²) in [5, 5.41) is 11.7. The van der Waals surface area contributed by atoms with Crippen molar-refractivity contribution in [2.75, 3.05) is 20.8 Å². The van der Waals surface area contributed by atoms with Crippen LogP contribution >= 0.6 is 0 Å². The standard InChI is InChI=1S/C12H16N4O4/c1-8-6-9(14-20-8)7-16-10(4-5-18-2)11(13-15-16)12(17)19-3/h6H,4-5,7H2,1-3H3. The van der Waals surface area contributed by atoms with Gasteiger partial charge in [0.1, 0.15) is 11.5 Å². The van der Waals surface area contributed by atoms with Crippen molar-refractivity contribution in [2.45, 2.75) is 19.9 Å². The van der Waals surface area contributed by atoms with E-state index < -0.39 is 5.97 Å². The predicted molar refractivity (Wildman–Crippen MR) is 67.3 cm³/mol. The van der Waals surface area contributed by atoms with E-state index in [1.54, 1.807) is 17.9 Å². The van der Waals surface area contributed by atoms with Gasteiger partial charge in [-0.2, -0.15) is 0 Å². The fourth-order valence-electron chi connectivity index (χ4n) is 1.81. The highest BCUT2D eigenvalue weighted by Gasteiger charge is 2.20. The van der Waals surface area contributed by atoms with E-state index in [2.05, 4.69) is 15.5 Å². The molecule has 0 atom stereocenters. The zero-order chi connectivity index (χ0) is 14.5. The maximum absolute atomic E-state index is 11.7. The van der Waals surface area contributed by atoms with Gasteiger partial charge in [-0.1, -0.05) is 10.4 Å². The minimum absolute atomic E-state index is 0.199. The lowest BCUT2D eigenvalue weighted by Gasteiger charge is -2.05. The fraction of sp³-hybridized carbons (Fsp3) is 0.500. The van der Waals surface area contributed by atoms with Gasteiger partial charge in [0, 0.05) is 19.6 Å². The molecule has 0 aliphatic rings. The smallest absolute Gasteiger partial charge is 0.360 e. The van der Waals surface area contributed by atoms with Crippen LogP contribution in [0.5, 0.6) is 0 Å². The summed E-state index contributed by atoms with van der Waals surface area (Å²) in [6.07, 6.45) is 0.505. The largest absolute Gasteiger partial charge is 0.464 e. The Bertz CT molecular complexity index is 590. The average Bonchev–Trinajstić information content (AvgIpc) is 3.03. The van der Waals surface area contributed by atoms with E-state index >= 15 is 0 Å². The molecule has 0 aromatic carbocycles. The van der Waals surface area contributed by atoms with Gasteiger partial charge in [0.25, 0.3) is 0 Å². The molecule has 0 aliphatic carbocycles. The molecule has 0 N–H and O–H groups in total. The van der Waals surface area contributed by atoms with E-state index in [-0.39, 0.29) is 5.69 Å². The summed E-state index contributed by atoms with van der Waals surface area (Å²) in [4.78, 5) is 11.7. The normalized spacial score (nSPS) is 10.8. The van der Waals surface area contributed by atoms with E-state index in [1.165, 1.54) is 7.11 Å². The molecule has 8 nitrogen and oxygen atoms in total. The summed E-state index contributed by atoms with van der Waals surface area (Å²) in [5.41, 5.74) is 1.56. The minimum Gasteiger partial charge on any atom is -0.464 e. The highest BCUT2D eigenvalue weighted by molar-refractivity contribution is 5.88. The van der Waals surface area contributed by atoms with E-state index in [0.29, 0.717) is 36.7 Å². The molecular formula is C12H16N4O4. The Labute approximate surface area is 115 Å². The van der Waals surface area contributed by atoms with Gasteiger partial charge in [0.15, 0.2) is 5.69 Å². The third-order valence-corrected chi connectivity index (χ3v) is 2.75. The second kappa shape index (κ2) is 6.29. The van der Waals surface area contributed by atoms with Gasteiger partial charge < -0.3 is 14.0 Å². The average molecular weight is 280 g/mol. The lowest BCUT2D eigenvalue weighted by atomic mass is 10.2. The molecule has 2 aromatic heterocycles. The first-order valence-electron chi connectivity index (χ1n) is 6.07. The number of nitrogens with zero attached hydrogens (tertiary/aromatic N) is 4. The number of carbonyl (C=O) groups excluding carboxylic acids is 1. The summed E-state index contributed by atoms with van der Waals surface area (Å²) in [6, 6.07) is 1.81. The Morgan fingerprint density at radius 3 is 2.85 bits per heavy atom. The van der Waals surface area contributed by atoms with Gasteiger partial charge >= 0.3 is 5.97 Å². The lowest BCUT2D eigenvalue weighted by molar-refractivity contribution is 0.0592. The van der Waals surface area contributed by atoms with Gasteiger partial charge in [-0.3, -0.25) is 0 Å². The van der Waals surface area contributed by atoms with Crippen LogP contribution in [0.3, 0.4) is 0 Å². The number of aryl methyl sites for hydroxylation is 1. The highest BCUT2D eigenvalue weighted by Crippen LogP contribution is 2.11. The Hall–Kier alpha value is -2.22. The van der Waals surface area contributed by atoms with Crippen LogP contribution in [0.4, 0.5) is 0 Å². The Morgan fingerprint density at radius 2 is 2.25 bits per heavy atom. The van der Waals surface area contributed by atoms with E-state index in [1.807, 2.05) is 6.92 Å². The first-order chi connectivity index (χ1) is 9.65. The quantitative estimate of drug-likeness (QED) is 0.715. The van der Waals surface area contributed by atoms with Gasteiger partial charge in [-0.15, -0.1) is 5.10 Å². The first-order valence-corrected chi connectivity index (χ1v) is 6.07. The molecule has 8 heteroatoms. The van der Waals surface area contributed by atoms with Crippen LogP contribution in [0, 0.1) is 6.92 Å².